The largest absolute Gasteiger partial charge is 0.497 e. The summed E-state index contributed by atoms with van der Waals surface area (Å²) in [6.07, 6.45) is 2.67. The van der Waals surface area contributed by atoms with E-state index in [1.165, 1.54) is 12.8 Å². The van der Waals surface area contributed by atoms with E-state index in [0.717, 1.165) is 34.7 Å². The van der Waals surface area contributed by atoms with E-state index < -0.39 is 6.10 Å². The van der Waals surface area contributed by atoms with Gasteiger partial charge < -0.3 is 14.6 Å². The lowest BCUT2D eigenvalue weighted by molar-refractivity contribution is 0.105. The number of methoxy groups -OCH3 is 1. The molecule has 0 bridgehead atoms. The van der Waals surface area contributed by atoms with Crippen molar-refractivity contribution in [1.29, 1.82) is 0 Å². The van der Waals surface area contributed by atoms with Gasteiger partial charge >= 0.3 is 0 Å². The first kappa shape index (κ1) is 25.1. The van der Waals surface area contributed by atoms with Crippen molar-refractivity contribution in [3.8, 4) is 28.6 Å². The van der Waals surface area contributed by atoms with Crippen molar-refractivity contribution in [2.45, 2.75) is 31.9 Å². The second kappa shape index (κ2) is 11.6. The SMILES string of the molecule is COc1cccc(Oc2c(CN(CC3CC3)C[C@@H](O)Cc3ccccc3)c(-c3ccccc3)nn2C)c1. The molecule has 0 amide bonds. The zero-order valence-electron chi connectivity index (χ0n) is 21.6. The second-order valence-electron chi connectivity index (χ2n) is 9.88. The Balaban J connectivity index is 1.45. The molecule has 4 aromatic rings. The molecule has 1 heterocycles. The number of rotatable bonds is 12. The fourth-order valence-electron chi connectivity index (χ4n) is 4.77. The summed E-state index contributed by atoms with van der Waals surface area (Å²) in [6, 6.07) is 28.1. The monoisotopic (exact) mass is 497 g/mol. The molecule has 37 heavy (non-hydrogen) atoms. The van der Waals surface area contributed by atoms with Gasteiger partial charge in [0.1, 0.15) is 17.2 Å². The number of aryl methyl sites for hydroxylation is 1. The van der Waals surface area contributed by atoms with Crippen LogP contribution in [0.1, 0.15) is 24.0 Å². The topological polar surface area (TPSA) is 59.8 Å². The first-order chi connectivity index (χ1) is 18.1. The van der Waals surface area contributed by atoms with Crippen molar-refractivity contribution < 1.29 is 14.6 Å². The molecule has 1 aromatic heterocycles. The van der Waals surface area contributed by atoms with E-state index in [4.69, 9.17) is 14.6 Å². The fourth-order valence-corrected chi connectivity index (χ4v) is 4.77. The molecule has 1 N–H and O–H groups in total. The Morgan fingerprint density at radius 3 is 2.38 bits per heavy atom. The van der Waals surface area contributed by atoms with Gasteiger partial charge in [-0.1, -0.05) is 66.7 Å². The van der Waals surface area contributed by atoms with Crippen molar-refractivity contribution in [3.63, 3.8) is 0 Å². The second-order valence-corrected chi connectivity index (χ2v) is 9.88. The summed E-state index contributed by atoms with van der Waals surface area (Å²) in [5, 5.41) is 15.9. The predicted molar refractivity (Wildman–Crippen MR) is 146 cm³/mol. The maximum absolute atomic E-state index is 11.0. The molecule has 3 aromatic carbocycles. The van der Waals surface area contributed by atoms with Crippen molar-refractivity contribution in [3.05, 3.63) is 96.1 Å². The molecule has 1 atom stereocenters. The van der Waals surface area contributed by atoms with Crippen LogP contribution in [0.4, 0.5) is 0 Å². The van der Waals surface area contributed by atoms with Gasteiger partial charge in [-0.15, -0.1) is 0 Å². The van der Waals surface area contributed by atoms with E-state index in [9.17, 15) is 5.11 Å². The van der Waals surface area contributed by atoms with Crippen LogP contribution in [-0.2, 0) is 20.0 Å². The standard InChI is InChI=1S/C31H35N3O3/c1-33-31(37-28-15-9-14-27(19-28)36-2)29(30(32-33)25-12-7-4-8-13-25)22-34(20-24-16-17-24)21-26(35)18-23-10-5-3-6-11-23/h3-15,19,24,26,35H,16-18,20-22H2,1-2H3/t26-/m0/s1. The van der Waals surface area contributed by atoms with E-state index in [1.807, 2.05) is 72.4 Å². The lowest BCUT2D eigenvalue weighted by Gasteiger charge is -2.26. The van der Waals surface area contributed by atoms with Crippen molar-refractivity contribution in [1.82, 2.24) is 14.7 Å². The summed E-state index contributed by atoms with van der Waals surface area (Å²) in [4.78, 5) is 2.37. The van der Waals surface area contributed by atoms with Gasteiger partial charge in [0.05, 0.1) is 18.8 Å². The average molecular weight is 498 g/mol. The Bertz CT molecular complexity index is 1290. The predicted octanol–water partition coefficient (Wildman–Crippen LogP) is 5.70. The fraction of sp³-hybridized carbons (Fsp3) is 0.323. The number of hydrogen-bond donors (Lipinski definition) is 1. The Hall–Kier alpha value is -3.61. The Labute approximate surface area is 219 Å². The van der Waals surface area contributed by atoms with Crippen LogP contribution < -0.4 is 9.47 Å². The highest BCUT2D eigenvalue weighted by Crippen LogP contribution is 2.36. The third kappa shape index (κ3) is 6.59. The van der Waals surface area contributed by atoms with Gasteiger partial charge in [-0.25, -0.2) is 4.68 Å². The molecule has 0 unspecified atom stereocenters. The van der Waals surface area contributed by atoms with Gasteiger partial charge in [0, 0.05) is 38.3 Å². The molecule has 1 aliphatic rings. The van der Waals surface area contributed by atoms with Crippen LogP contribution in [0.3, 0.4) is 0 Å². The van der Waals surface area contributed by atoms with Gasteiger partial charge in [-0.05, 0) is 42.9 Å². The van der Waals surface area contributed by atoms with E-state index in [-0.39, 0.29) is 0 Å². The number of hydrogen-bond acceptors (Lipinski definition) is 5. The minimum absolute atomic E-state index is 0.458. The first-order valence-electron chi connectivity index (χ1n) is 13.0. The zero-order valence-corrected chi connectivity index (χ0v) is 21.6. The van der Waals surface area contributed by atoms with Gasteiger partial charge in [-0.2, -0.15) is 5.10 Å². The van der Waals surface area contributed by atoms with Crippen LogP contribution in [0.25, 0.3) is 11.3 Å². The van der Waals surface area contributed by atoms with E-state index in [1.54, 1.807) is 7.11 Å². The van der Waals surface area contributed by atoms with Crippen LogP contribution in [0.15, 0.2) is 84.9 Å². The molecular weight excluding hydrogens is 462 g/mol. The van der Waals surface area contributed by atoms with E-state index >= 15 is 0 Å². The van der Waals surface area contributed by atoms with Crippen molar-refractivity contribution in [2.75, 3.05) is 20.2 Å². The summed E-state index contributed by atoms with van der Waals surface area (Å²) in [5.41, 5.74) is 4.11. The zero-order chi connectivity index (χ0) is 25.6. The lowest BCUT2D eigenvalue weighted by atomic mass is 10.1. The Morgan fingerprint density at radius 1 is 0.973 bits per heavy atom. The summed E-state index contributed by atoms with van der Waals surface area (Å²) in [6.45, 7) is 2.18. The smallest absolute Gasteiger partial charge is 0.222 e. The number of ether oxygens (including phenoxy) is 2. The van der Waals surface area contributed by atoms with Crippen LogP contribution in [-0.4, -0.2) is 46.1 Å². The number of benzene rings is 3. The summed E-state index contributed by atoms with van der Waals surface area (Å²) < 4.78 is 13.6. The van der Waals surface area contributed by atoms with E-state index in [2.05, 4.69) is 29.2 Å². The summed E-state index contributed by atoms with van der Waals surface area (Å²) in [7, 11) is 3.57. The molecule has 1 aliphatic carbocycles. The quantitative estimate of drug-likeness (QED) is 0.272. The third-order valence-electron chi connectivity index (χ3n) is 6.77. The molecular formula is C31H35N3O3. The molecule has 0 saturated heterocycles. The van der Waals surface area contributed by atoms with Crippen LogP contribution in [0, 0.1) is 5.92 Å². The van der Waals surface area contributed by atoms with Crippen LogP contribution >= 0.6 is 0 Å². The number of aliphatic hydroxyl groups is 1. The van der Waals surface area contributed by atoms with Gasteiger partial charge in [0.25, 0.3) is 0 Å². The highest BCUT2D eigenvalue weighted by Gasteiger charge is 2.28. The normalized spacial score (nSPS) is 14.1. The molecule has 0 spiro atoms. The highest BCUT2D eigenvalue weighted by atomic mass is 16.5. The highest BCUT2D eigenvalue weighted by molar-refractivity contribution is 5.65. The van der Waals surface area contributed by atoms with E-state index in [0.29, 0.717) is 37.1 Å². The van der Waals surface area contributed by atoms with Crippen LogP contribution in [0.5, 0.6) is 17.4 Å². The third-order valence-corrected chi connectivity index (χ3v) is 6.77. The van der Waals surface area contributed by atoms with Crippen molar-refractivity contribution >= 4 is 0 Å². The lowest BCUT2D eigenvalue weighted by Crippen LogP contribution is -2.35. The molecule has 1 saturated carbocycles. The Kier molecular flexibility index (Phi) is 7.87. The van der Waals surface area contributed by atoms with Gasteiger partial charge in [-0.3, -0.25) is 4.90 Å². The molecule has 5 rings (SSSR count). The molecule has 0 radical (unpaired) electrons. The van der Waals surface area contributed by atoms with Crippen molar-refractivity contribution in [2.24, 2.45) is 13.0 Å². The summed E-state index contributed by atoms with van der Waals surface area (Å²) in [5.74, 6) is 2.82. The minimum Gasteiger partial charge on any atom is -0.497 e. The number of nitrogens with zero attached hydrogens (tertiary/aromatic N) is 3. The Morgan fingerprint density at radius 2 is 1.68 bits per heavy atom. The number of aromatic nitrogens is 2. The average Bonchev–Trinajstić information content (AvgIpc) is 3.69. The van der Waals surface area contributed by atoms with Gasteiger partial charge in [0.15, 0.2) is 0 Å². The molecule has 1 fully saturated rings. The first-order valence-corrected chi connectivity index (χ1v) is 13.0. The number of aliphatic hydroxyl groups excluding tert-OH is 1. The maximum Gasteiger partial charge on any atom is 0.222 e. The maximum atomic E-state index is 11.0. The minimum atomic E-state index is -0.458. The molecule has 6 heteroatoms. The summed E-state index contributed by atoms with van der Waals surface area (Å²) >= 11 is 0. The molecule has 0 aliphatic heterocycles. The van der Waals surface area contributed by atoms with Crippen LogP contribution in [0.2, 0.25) is 0 Å². The molecule has 192 valence electrons. The van der Waals surface area contributed by atoms with Gasteiger partial charge in [0.2, 0.25) is 5.88 Å². The molecule has 6 nitrogen and oxygen atoms in total.